The Morgan fingerprint density at radius 3 is 2.50 bits per heavy atom. The van der Waals surface area contributed by atoms with Crippen molar-refractivity contribution < 1.29 is 17.7 Å². The van der Waals surface area contributed by atoms with Crippen LogP contribution in [0.25, 0.3) is 0 Å². The van der Waals surface area contributed by atoms with Gasteiger partial charge in [0.25, 0.3) is 0 Å². The van der Waals surface area contributed by atoms with Gasteiger partial charge in [0, 0.05) is 25.7 Å². The van der Waals surface area contributed by atoms with E-state index < -0.39 is 10.0 Å². The number of morpholine rings is 1. The number of nitrogens with one attached hydrogen (secondary N) is 1. The lowest BCUT2D eigenvalue weighted by Gasteiger charge is -2.34. The highest BCUT2D eigenvalue weighted by molar-refractivity contribution is 7.89. The van der Waals surface area contributed by atoms with Gasteiger partial charge in [-0.1, -0.05) is 35.5 Å². The van der Waals surface area contributed by atoms with Crippen LogP contribution in [0.3, 0.4) is 0 Å². The molecule has 1 N–H and O–H groups in total. The Morgan fingerprint density at radius 2 is 1.88 bits per heavy atom. The lowest BCUT2D eigenvalue weighted by molar-refractivity contribution is 0.0177. The van der Waals surface area contributed by atoms with Crippen LogP contribution in [-0.2, 0) is 21.2 Å². The molecule has 2 aromatic rings. The Bertz CT molecular complexity index is 795. The Balaban J connectivity index is 1.74. The first-order valence-corrected chi connectivity index (χ1v) is 10.2. The van der Waals surface area contributed by atoms with Crippen molar-refractivity contribution in [1.82, 2.24) is 14.8 Å². The summed E-state index contributed by atoms with van der Waals surface area (Å²) in [5, 5.41) is 3.75. The van der Waals surface area contributed by atoms with E-state index in [1.807, 2.05) is 18.2 Å². The second-order valence-corrected chi connectivity index (χ2v) is 8.20. The predicted octanol–water partition coefficient (Wildman–Crippen LogP) is 1.51. The molecule has 0 spiro atoms. The minimum Gasteiger partial charge on any atom is -0.379 e. The van der Waals surface area contributed by atoms with E-state index in [2.05, 4.69) is 26.9 Å². The third-order valence-electron chi connectivity index (χ3n) is 4.62. The summed E-state index contributed by atoms with van der Waals surface area (Å²) in [5.74, 6) is 0.306. The molecule has 1 aromatic carbocycles. The average molecular weight is 379 g/mol. The van der Waals surface area contributed by atoms with Gasteiger partial charge in [0.2, 0.25) is 10.0 Å². The number of hydrogen-bond acceptors (Lipinski definition) is 6. The molecule has 1 unspecified atom stereocenters. The summed E-state index contributed by atoms with van der Waals surface area (Å²) in [6.07, 6.45) is 0.769. The van der Waals surface area contributed by atoms with Crippen LogP contribution >= 0.6 is 0 Å². The molecule has 0 radical (unpaired) electrons. The van der Waals surface area contributed by atoms with Gasteiger partial charge in [-0.05, 0) is 25.8 Å². The van der Waals surface area contributed by atoms with Crippen LogP contribution in [0.5, 0.6) is 0 Å². The molecular formula is C18H25N3O4S. The minimum absolute atomic E-state index is 0.0524. The highest BCUT2D eigenvalue weighted by Crippen LogP contribution is 2.19. The fraction of sp³-hybridized carbons (Fsp3) is 0.500. The number of sulfonamides is 1. The SMILES string of the molecule is Cc1noc(C)c1S(=O)(=O)NCC(Cc1ccccc1)N1CCOCC1. The van der Waals surface area contributed by atoms with Crippen molar-refractivity contribution in [1.29, 1.82) is 0 Å². The van der Waals surface area contributed by atoms with Gasteiger partial charge in [-0.15, -0.1) is 0 Å². The first kappa shape index (κ1) is 19.0. The zero-order valence-electron chi connectivity index (χ0n) is 15.1. The molecule has 2 heterocycles. The summed E-state index contributed by atoms with van der Waals surface area (Å²) in [4.78, 5) is 2.42. The van der Waals surface area contributed by atoms with Crippen molar-refractivity contribution in [2.24, 2.45) is 0 Å². The molecule has 0 amide bonds. The first-order chi connectivity index (χ1) is 12.5. The van der Waals surface area contributed by atoms with Gasteiger partial charge in [0.05, 0.1) is 13.2 Å². The van der Waals surface area contributed by atoms with Crippen LogP contribution < -0.4 is 4.72 Å². The molecule has 1 aliphatic heterocycles. The Labute approximate surface area is 154 Å². The zero-order chi connectivity index (χ0) is 18.6. The lowest BCUT2D eigenvalue weighted by atomic mass is 10.0. The number of hydrogen-bond donors (Lipinski definition) is 1. The third kappa shape index (κ3) is 4.50. The van der Waals surface area contributed by atoms with Crippen LogP contribution in [0.15, 0.2) is 39.8 Å². The quantitative estimate of drug-likeness (QED) is 0.785. The van der Waals surface area contributed by atoms with E-state index in [1.165, 1.54) is 5.56 Å². The fourth-order valence-corrected chi connectivity index (χ4v) is 4.69. The number of benzene rings is 1. The van der Waals surface area contributed by atoms with E-state index in [1.54, 1.807) is 13.8 Å². The molecule has 1 saturated heterocycles. The summed E-state index contributed by atoms with van der Waals surface area (Å²) >= 11 is 0. The Hall–Kier alpha value is -1.74. The predicted molar refractivity (Wildman–Crippen MR) is 97.5 cm³/mol. The van der Waals surface area contributed by atoms with Crippen LogP contribution in [0.1, 0.15) is 17.0 Å². The van der Waals surface area contributed by atoms with E-state index in [0.29, 0.717) is 31.2 Å². The highest BCUT2D eigenvalue weighted by atomic mass is 32.2. The summed E-state index contributed by atoms with van der Waals surface area (Å²) in [6, 6.07) is 10.2. The third-order valence-corrected chi connectivity index (χ3v) is 6.29. The monoisotopic (exact) mass is 379 g/mol. The maximum atomic E-state index is 12.7. The van der Waals surface area contributed by atoms with E-state index in [-0.39, 0.29) is 10.9 Å². The summed E-state index contributed by atoms with van der Waals surface area (Å²) in [5.41, 5.74) is 1.56. The van der Waals surface area contributed by atoms with Crippen molar-refractivity contribution >= 4 is 10.0 Å². The molecule has 0 aliphatic carbocycles. The lowest BCUT2D eigenvalue weighted by Crippen LogP contribution is -2.49. The number of rotatable bonds is 7. The molecule has 7 nitrogen and oxygen atoms in total. The van der Waals surface area contributed by atoms with Gasteiger partial charge in [0.1, 0.15) is 10.6 Å². The highest BCUT2D eigenvalue weighted by Gasteiger charge is 2.27. The van der Waals surface area contributed by atoms with Crippen LogP contribution in [0.2, 0.25) is 0 Å². The number of aryl methyl sites for hydroxylation is 2. The molecule has 0 bridgehead atoms. The van der Waals surface area contributed by atoms with Crippen molar-refractivity contribution in [3.05, 3.63) is 47.3 Å². The summed E-state index contributed by atoms with van der Waals surface area (Å²) in [7, 11) is -3.67. The van der Waals surface area contributed by atoms with Crippen LogP contribution in [0, 0.1) is 13.8 Å². The second-order valence-electron chi connectivity index (χ2n) is 6.50. The first-order valence-electron chi connectivity index (χ1n) is 8.75. The van der Waals surface area contributed by atoms with Crippen LogP contribution in [0.4, 0.5) is 0 Å². The van der Waals surface area contributed by atoms with Crippen molar-refractivity contribution in [2.45, 2.75) is 31.2 Å². The van der Waals surface area contributed by atoms with Gasteiger partial charge < -0.3 is 9.26 Å². The molecule has 26 heavy (non-hydrogen) atoms. The molecule has 8 heteroatoms. The number of ether oxygens (including phenoxy) is 1. The average Bonchev–Trinajstić information content (AvgIpc) is 2.99. The van der Waals surface area contributed by atoms with Gasteiger partial charge >= 0.3 is 0 Å². The largest absolute Gasteiger partial charge is 0.379 e. The normalized spacial score (nSPS) is 17.3. The summed E-state index contributed by atoms with van der Waals surface area (Å²) < 4.78 is 38.6. The smallest absolute Gasteiger partial charge is 0.246 e. The fourth-order valence-electron chi connectivity index (χ4n) is 3.30. The van der Waals surface area contributed by atoms with Crippen molar-refractivity contribution in [3.8, 4) is 0 Å². The Kier molecular flexibility index (Phi) is 6.08. The van der Waals surface area contributed by atoms with E-state index >= 15 is 0 Å². The second kappa shape index (κ2) is 8.30. The number of aromatic nitrogens is 1. The van der Waals surface area contributed by atoms with E-state index in [9.17, 15) is 8.42 Å². The molecule has 1 fully saturated rings. The molecule has 1 aliphatic rings. The van der Waals surface area contributed by atoms with Gasteiger partial charge in [0.15, 0.2) is 5.76 Å². The van der Waals surface area contributed by atoms with Crippen molar-refractivity contribution in [3.63, 3.8) is 0 Å². The van der Waals surface area contributed by atoms with Gasteiger partial charge in [-0.2, -0.15) is 0 Å². The van der Waals surface area contributed by atoms with Crippen LogP contribution in [-0.4, -0.2) is 57.4 Å². The van der Waals surface area contributed by atoms with E-state index in [0.717, 1.165) is 19.5 Å². The molecule has 0 saturated carbocycles. The van der Waals surface area contributed by atoms with Gasteiger partial charge in [-0.25, -0.2) is 13.1 Å². The van der Waals surface area contributed by atoms with Crippen molar-refractivity contribution in [2.75, 3.05) is 32.8 Å². The topological polar surface area (TPSA) is 84.7 Å². The Morgan fingerprint density at radius 1 is 1.19 bits per heavy atom. The minimum atomic E-state index is -3.67. The molecule has 3 rings (SSSR count). The summed E-state index contributed by atoms with van der Waals surface area (Å²) in [6.45, 7) is 6.49. The zero-order valence-corrected chi connectivity index (χ0v) is 16.0. The molecule has 1 atom stereocenters. The number of nitrogens with zero attached hydrogens (tertiary/aromatic N) is 2. The molecular weight excluding hydrogens is 354 g/mol. The molecule has 142 valence electrons. The maximum Gasteiger partial charge on any atom is 0.246 e. The maximum absolute atomic E-state index is 12.7. The van der Waals surface area contributed by atoms with Gasteiger partial charge in [-0.3, -0.25) is 4.90 Å². The molecule has 1 aromatic heterocycles. The van der Waals surface area contributed by atoms with E-state index in [4.69, 9.17) is 9.26 Å². The standard InChI is InChI=1S/C18H25N3O4S/c1-14-18(15(2)25-20-14)26(22,23)19-13-17(21-8-10-24-11-9-21)12-16-6-4-3-5-7-16/h3-7,17,19H,8-13H2,1-2H3.